The van der Waals surface area contributed by atoms with Crippen LogP contribution in [0.4, 0.5) is 0 Å². The van der Waals surface area contributed by atoms with Gasteiger partial charge >= 0.3 is 0 Å². The zero-order valence-corrected chi connectivity index (χ0v) is 11.8. The number of H-pyrrole nitrogens is 1. The molecule has 3 heteroatoms. The van der Waals surface area contributed by atoms with Crippen LogP contribution < -0.4 is 5.32 Å². The van der Waals surface area contributed by atoms with Crippen molar-refractivity contribution >= 4 is 28.5 Å². The molecular formula is C19H14N2O. The molecule has 106 valence electrons. The smallest absolute Gasteiger partial charge is 0.255 e. The molecule has 22 heavy (non-hydrogen) atoms. The number of amides is 1. The Morgan fingerprint density at radius 2 is 1.77 bits per heavy atom. The first-order valence-corrected chi connectivity index (χ1v) is 7.17. The minimum absolute atomic E-state index is 0.0717. The van der Waals surface area contributed by atoms with E-state index in [2.05, 4.69) is 28.5 Å². The zero-order chi connectivity index (χ0) is 14.9. The summed E-state index contributed by atoms with van der Waals surface area (Å²) in [6.45, 7) is 0. The van der Waals surface area contributed by atoms with E-state index in [4.69, 9.17) is 0 Å². The van der Waals surface area contributed by atoms with Gasteiger partial charge in [0.25, 0.3) is 5.91 Å². The SMILES string of the molecule is O=C1NC(c2cccc3ccccc23)=CC1=Cc1ccc[nH]1. The van der Waals surface area contributed by atoms with Gasteiger partial charge in [0.2, 0.25) is 0 Å². The van der Waals surface area contributed by atoms with E-state index in [0.717, 1.165) is 27.7 Å². The Morgan fingerprint density at radius 3 is 2.64 bits per heavy atom. The predicted octanol–water partition coefficient (Wildman–Crippen LogP) is 3.72. The molecule has 0 radical (unpaired) electrons. The number of fused-ring (bicyclic) bond motifs is 1. The summed E-state index contributed by atoms with van der Waals surface area (Å²) in [5, 5.41) is 5.27. The van der Waals surface area contributed by atoms with Gasteiger partial charge < -0.3 is 10.3 Å². The predicted molar refractivity (Wildman–Crippen MR) is 88.8 cm³/mol. The molecular weight excluding hydrogens is 272 g/mol. The van der Waals surface area contributed by atoms with Crippen molar-refractivity contribution < 1.29 is 4.79 Å². The molecule has 4 rings (SSSR count). The summed E-state index contributed by atoms with van der Waals surface area (Å²) in [5.41, 5.74) is 3.46. The van der Waals surface area contributed by atoms with Gasteiger partial charge in [0, 0.05) is 28.7 Å². The average Bonchev–Trinajstić information content (AvgIpc) is 3.18. The summed E-state index contributed by atoms with van der Waals surface area (Å²) in [6.07, 6.45) is 5.60. The zero-order valence-electron chi connectivity index (χ0n) is 11.8. The molecule has 0 unspecified atom stereocenters. The van der Waals surface area contributed by atoms with Gasteiger partial charge in [-0.1, -0.05) is 42.5 Å². The van der Waals surface area contributed by atoms with Gasteiger partial charge in [0.05, 0.1) is 0 Å². The highest BCUT2D eigenvalue weighted by atomic mass is 16.1. The van der Waals surface area contributed by atoms with Crippen LogP contribution in [-0.4, -0.2) is 10.9 Å². The normalized spacial score (nSPS) is 16.1. The summed E-state index contributed by atoms with van der Waals surface area (Å²) in [4.78, 5) is 15.3. The monoisotopic (exact) mass is 286 g/mol. The third kappa shape index (κ3) is 2.13. The molecule has 0 aliphatic carbocycles. The number of benzene rings is 2. The molecule has 3 nitrogen and oxygen atoms in total. The lowest BCUT2D eigenvalue weighted by Crippen LogP contribution is -2.15. The van der Waals surface area contributed by atoms with E-state index in [9.17, 15) is 4.79 Å². The van der Waals surface area contributed by atoms with Crippen molar-refractivity contribution in [1.29, 1.82) is 0 Å². The number of hydrogen-bond donors (Lipinski definition) is 2. The first-order valence-electron chi connectivity index (χ1n) is 7.17. The Morgan fingerprint density at radius 1 is 0.909 bits per heavy atom. The summed E-state index contributed by atoms with van der Waals surface area (Å²) < 4.78 is 0. The number of carbonyl (C=O) groups excluding carboxylic acids is 1. The first kappa shape index (κ1) is 12.7. The van der Waals surface area contributed by atoms with Gasteiger partial charge in [-0.2, -0.15) is 0 Å². The molecule has 1 aromatic heterocycles. The van der Waals surface area contributed by atoms with E-state index in [1.165, 1.54) is 0 Å². The molecule has 0 atom stereocenters. The molecule has 0 saturated heterocycles. The minimum atomic E-state index is -0.0717. The van der Waals surface area contributed by atoms with E-state index in [0.29, 0.717) is 5.57 Å². The van der Waals surface area contributed by atoms with Gasteiger partial charge in [-0.3, -0.25) is 4.79 Å². The lowest BCUT2D eigenvalue weighted by molar-refractivity contribution is -0.115. The maximum absolute atomic E-state index is 12.2. The van der Waals surface area contributed by atoms with Crippen molar-refractivity contribution in [2.45, 2.75) is 0 Å². The van der Waals surface area contributed by atoms with Gasteiger partial charge in [-0.25, -0.2) is 0 Å². The van der Waals surface area contributed by atoms with Crippen LogP contribution in [0, 0.1) is 0 Å². The molecule has 2 heterocycles. The molecule has 1 aliphatic rings. The second-order valence-corrected chi connectivity index (χ2v) is 5.26. The second-order valence-electron chi connectivity index (χ2n) is 5.26. The number of hydrogen-bond acceptors (Lipinski definition) is 1. The number of nitrogens with one attached hydrogen (secondary N) is 2. The molecule has 0 bridgehead atoms. The topological polar surface area (TPSA) is 44.9 Å². The summed E-state index contributed by atoms with van der Waals surface area (Å²) in [5.74, 6) is -0.0717. The Kier molecular flexibility index (Phi) is 2.90. The van der Waals surface area contributed by atoms with Crippen LogP contribution in [0.2, 0.25) is 0 Å². The Hall–Kier alpha value is -3.07. The number of rotatable bonds is 2. The molecule has 0 saturated carbocycles. The van der Waals surface area contributed by atoms with E-state index < -0.39 is 0 Å². The van der Waals surface area contributed by atoms with Crippen LogP contribution in [0.5, 0.6) is 0 Å². The minimum Gasteiger partial charge on any atom is -0.362 e. The lowest BCUT2D eigenvalue weighted by atomic mass is 10.0. The van der Waals surface area contributed by atoms with Crippen molar-refractivity contribution in [3.05, 3.63) is 83.7 Å². The molecule has 2 aromatic carbocycles. The van der Waals surface area contributed by atoms with Crippen LogP contribution in [-0.2, 0) is 4.79 Å². The Labute approximate surface area is 128 Å². The maximum Gasteiger partial charge on any atom is 0.255 e. The second kappa shape index (κ2) is 5.04. The fourth-order valence-corrected chi connectivity index (χ4v) is 2.77. The van der Waals surface area contributed by atoms with E-state index in [1.54, 1.807) is 0 Å². The first-order chi connectivity index (χ1) is 10.8. The number of aromatic nitrogens is 1. The molecule has 2 N–H and O–H groups in total. The highest BCUT2D eigenvalue weighted by Crippen LogP contribution is 2.28. The Bertz CT molecular complexity index is 912. The number of aromatic amines is 1. The molecule has 0 spiro atoms. The van der Waals surface area contributed by atoms with Gasteiger partial charge in [0.1, 0.15) is 0 Å². The van der Waals surface area contributed by atoms with E-state index in [-0.39, 0.29) is 5.91 Å². The maximum atomic E-state index is 12.2. The summed E-state index contributed by atoms with van der Waals surface area (Å²) in [7, 11) is 0. The largest absolute Gasteiger partial charge is 0.362 e. The quantitative estimate of drug-likeness (QED) is 0.693. The van der Waals surface area contributed by atoms with Gasteiger partial charge in [-0.15, -0.1) is 0 Å². The van der Waals surface area contributed by atoms with Crippen molar-refractivity contribution in [3.8, 4) is 0 Å². The van der Waals surface area contributed by atoms with Gasteiger partial charge in [0.15, 0.2) is 0 Å². The fraction of sp³-hybridized carbons (Fsp3) is 0. The summed E-state index contributed by atoms with van der Waals surface area (Å²) in [6, 6.07) is 18.1. The van der Waals surface area contributed by atoms with Crippen molar-refractivity contribution in [3.63, 3.8) is 0 Å². The third-order valence-electron chi connectivity index (χ3n) is 3.82. The molecule has 1 aliphatic heterocycles. The van der Waals surface area contributed by atoms with Crippen LogP contribution in [0.25, 0.3) is 22.5 Å². The van der Waals surface area contributed by atoms with Crippen LogP contribution in [0.3, 0.4) is 0 Å². The molecule has 1 amide bonds. The van der Waals surface area contributed by atoms with Crippen molar-refractivity contribution in [2.24, 2.45) is 0 Å². The lowest BCUT2D eigenvalue weighted by Gasteiger charge is -2.07. The van der Waals surface area contributed by atoms with Crippen molar-refractivity contribution in [2.75, 3.05) is 0 Å². The van der Waals surface area contributed by atoms with Crippen LogP contribution >= 0.6 is 0 Å². The number of carbonyl (C=O) groups is 1. The molecule has 0 fully saturated rings. The van der Waals surface area contributed by atoms with Crippen LogP contribution in [0.15, 0.2) is 72.4 Å². The average molecular weight is 286 g/mol. The molecule has 3 aromatic rings. The van der Waals surface area contributed by atoms with E-state index in [1.807, 2.05) is 54.7 Å². The standard InChI is InChI=1S/C19H14N2O/c22-19-14(11-15-7-4-10-20-15)12-18(21-19)17-9-3-6-13-5-1-2-8-16(13)17/h1-12,20H,(H,21,22). The van der Waals surface area contributed by atoms with E-state index >= 15 is 0 Å². The third-order valence-corrected chi connectivity index (χ3v) is 3.82. The van der Waals surface area contributed by atoms with Crippen molar-refractivity contribution in [1.82, 2.24) is 10.3 Å². The van der Waals surface area contributed by atoms with Crippen LogP contribution in [0.1, 0.15) is 11.3 Å². The fourth-order valence-electron chi connectivity index (χ4n) is 2.77. The summed E-state index contributed by atoms with van der Waals surface area (Å²) >= 11 is 0. The van der Waals surface area contributed by atoms with Gasteiger partial charge in [-0.05, 0) is 35.1 Å². The highest BCUT2D eigenvalue weighted by Gasteiger charge is 2.20. The Balaban J connectivity index is 1.81. The highest BCUT2D eigenvalue weighted by molar-refractivity contribution is 6.12.